The van der Waals surface area contributed by atoms with E-state index in [2.05, 4.69) is 22.3 Å². The van der Waals surface area contributed by atoms with Gasteiger partial charge in [0.25, 0.3) is 0 Å². The molecule has 22 heavy (non-hydrogen) atoms. The third-order valence-electron chi connectivity index (χ3n) is 4.53. The Kier molecular flexibility index (Phi) is 4.16. The Labute approximate surface area is 131 Å². The number of hydrogen-bond donors (Lipinski definition) is 1. The van der Waals surface area contributed by atoms with Crippen molar-refractivity contribution in [3.05, 3.63) is 35.9 Å². The van der Waals surface area contributed by atoms with Crippen molar-refractivity contribution in [3.63, 3.8) is 0 Å². The highest BCUT2D eigenvalue weighted by Crippen LogP contribution is 2.20. The first kappa shape index (κ1) is 15.0. The summed E-state index contributed by atoms with van der Waals surface area (Å²) in [4.78, 5) is 28.9. The van der Waals surface area contributed by atoms with Crippen LogP contribution in [0.25, 0.3) is 0 Å². The molecule has 5 nitrogen and oxygen atoms in total. The smallest absolute Gasteiger partial charge is 0.246 e. The zero-order chi connectivity index (χ0) is 15.7. The van der Waals surface area contributed by atoms with Crippen LogP contribution in [0.4, 0.5) is 0 Å². The minimum atomic E-state index is -0.371. The standard InChI is InChI=1S/C17H23N3O2/c1-12(2)15-17(22)20-9-8-19(11-14(20)16(21)18-15)10-13-6-4-3-5-7-13/h3-7,12,14-15H,8-11H2,1-2H3,(H,18,21)/t14-,15+/m1/s1. The number of nitrogens with one attached hydrogen (secondary N) is 1. The minimum absolute atomic E-state index is 0.0175. The Morgan fingerprint density at radius 1 is 1.18 bits per heavy atom. The highest BCUT2D eigenvalue weighted by molar-refractivity contribution is 5.97. The molecule has 2 amide bonds. The van der Waals surface area contributed by atoms with E-state index >= 15 is 0 Å². The summed E-state index contributed by atoms with van der Waals surface area (Å²) in [6.45, 7) is 6.81. The molecule has 1 aromatic rings. The maximum Gasteiger partial charge on any atom is 0.246 e. The summed E-state index contributed by atoms with van der Waals surface area (Å²) in [7, 11) is 0. The van der Waals surface area contributed by atoms with Crippen molar-refractivity contribution < 1.29 is 9.59 Å². The van der Waals surface area contributed by atoms with E-state index in [0.29, 0.717) is 13.1 Å². The van der Waals surface area contributed by atoms with E-state index < -0.39 is 0 Å². The van der Waals surface area contributed by atoms with Crippen LogP contribution in [0.15, 0.2) is 30.3 Å². The molecule has 0 radical (unpaired) electrons. The third-order valence-corrected chi connectivity index (χ3v) is 4.53. The van der Waals surface area contributed by atoms with Crippen molar-refractivity contribution >= 4 is 11.8 Å². The van der Waals surface area contributed by atoms with Gasteiger partial charge in [-0.1, -0.05) is 44.2 Å². The van der Waals surface area contributed by atoms with Gasteiger partial charge in [-0.15, -0.1) is 0 Å². The fourth-order valence-corrected chi connectivity index (χ4v) is 3.25. The first-order valence-electron chi connectivity index (χ1n) is 7.93. The SMILES string of the molecule is CC(C)[C@@H]1NC(=O)[C@H]2CN(Cc3ccccc3)CCN2C1=O. The molecule has 2 saturated heterocycles. The van der Waals surface area contributed by atoms with Crippen LogP contribution in [0.1, 0.15) is 19.4 Å². The lowest BCUT2D eigenvalue weighted by Crippen LogP contribution is -2.70. The second-order valence-electron chi connectivity index (χ2n) is 6.50. The van der Waals surface area contributed by atoms with Crippen molar-refractivity contribution in [2.75, 3.05) is 19.6 Å². The van der Waals surface area contributed by atoms with Crippen molar-refractivity contribution in [3.8, 4) is 0 Å². The molecule has 0 aromatic heterocycles. The van der Waals surface area contributed by atoms with E-state index in [1.807, 2.05) is 32.0 Å². The number of benzene rings is 1. The molecule has 118 valence electrons. The second kappa shape index (κ2) is 6.08. The fraction of sp³-hybridized carbons (Fsp3) is 0.529. The predicted molar refractivity (Wildman–Crippen MR) is 84.0 cm³/mol. The molecule has 0 aliphatic carbocycles. The van der Waals surface area contributed by atoms with Crippen molar-refractivity contribution in [2.24, 2.45) is 5.92 Å². The van der Waals surface area contributed by atoms with Crippen LogP contribution in [0, 0.1) is 5.92 Å². The Morgan fingerprint density at radius 2 is 1.91 bits per heavy atom. The van der Waals surface area contributed by atoms with E-state index in [1.54, 1.807) is 4.90 Å². The van der Waals surface area contributed by atoms with Gasteiger partial charge < -0.3 is 10.2 Å². The summed E-state index contributed by atoms with van der Waals surface area (Å²) in [6.07, 6.45) is 0. The van der Waals surface area contributed by atoms with Gasteiger partial charge in [-0.25, -0.2) is 0 Å². The molecule has 2 heterocycles. The van der Waals surface area contributed by atoms with Crippen LogP contribution >= 0.6 is 0 Å². The zero-order valence-corrected chi connectivity index (χ0v) is 13.2. The van der Waals surface area contributed by atoms with Crippen LogP contribution in [0.2, 0.25) is 0 Å². The van der Waals surface area contributed by atoms with Crippen molar-refractivity contribution in [2.45, 2.75) is 32.5 Å². The maximum atomic E-state index is 12.5. The number of hydrogen-bond acceptors (Lipinski definition) is 3. The number of carbonyl (C=O) groups is 2. The molecule has 0 saturated carbocycles. The summed E-state index contributed by atoms with van der Waals surface area (Å²) in [5, 5.41) is 2.89. The molecule has 0 unspecified atom stereocenters. The van der Waals surface area contributed by atoms with Gasteiger partial charge in [-0.2, -0.15) is 0 Å². The van der Waals surface area contributed by atoms with Gasteiger partial charge in [0.1, 0.15) is 12.1 Å². The van der Waals surface area contributed by atoms with Gasteiger partial charge in [-0.3, -0.25) is 14.5 Å². The molecule has 0 spiro atoms. The quantitative estimate of drug-likeness (QED) is 0.901. The Hall–Kier alpha value is -1.88. The Balaban J connectivity index is 1.68. The van der Waals surface area contributed by atoms with Gasteiger partial charge in [0.15, 0.2) is 0 Å². The first-order valence-corrected chi connectivity index (χ1v) is 7.93. The van der Waals surface area contributed by atoms with Gasteiger partial charge in [0, 0.05) is 26.2 Å². The highest BCUT2D eigenvalue weighted by Gasteiger charge is 2.44. The zero-order valence-electron chi connectivity index (χ0n) is 13.2. The van der Waals surface area contributed by atoms with Crippen molar-refractivity contribution in [1.29, 1.82) is 0 Å². The summed E-state index contributed by atoms with van der Waals surface area (Å²) in [6, 6.07) is 9.51. The molecule has 2 fully saturated rings. The lowest BCUT2D eigenvalue weighted by molar-refractivity contribution is -0.154. The lowest BCUT2D eigenvalue weighted by atomic mass is 9.96. The molecule has 0 bridgehead atoms. The monoisotopic (exact) mass is 301 g/mol. The van der Waals surface area contributed by atoms with E-state index in [-0.39, 0.29) is 29.8 Å². The molecule has 3 rings (SSSR count). The average Bonchev–Trinajstić information content (AvgIpc) is 2.51. The molecule has 2 atom stereocenters. The topological polar surface area (TPSA) is 52.7 Å². The molecule has 1 N–H and O–H groups in total. The maximum absolute atomic E-state index is 12.5. The second-order valence-corrected chi connectivity index (χ2v) is 6.50. The average molecular weight is 301 g/mol. The number of carbonyl (C=O) groups excluding carboxylic acids is 2. The van der Waals surface area contributed by atoms with Crippen LogP contribution < -0.4 is 5.32 Å². The van der Waals surface area contributed by atoms with Crippen molar-refractivity contribution in [1.82, 2.24) is 15.1 Å². The molecule has 2 aliphatic rings. The summed E-state index contributed by atoms with van der Waals surface area (Å²) < 4.78 is 0. The number of fused-ring (bicyclic) bond motifs is 1. The lowest BCUT2D eigenvalue weighted by Gasteiger charge is -2.46. The van der Waals surface area contributed by atoms with Gasteiger partial charge in [0.2, 0.25) is 11.8 Å². The van der Waals surface area contributed by atoms with Gasteiger partial charge in [-0.05, 0) is 11.5 Å². The van der Waals surface area contributed by atoms with E-state index in [9.17, 15) is 9.59 Å². The van der Waals surface area contributed by atoms with Gasteiger partial charge >= 0.3 is 0 Å². The highest BCUT2D eigenvalue weighted by atomic mass is 16.2. The fourth-order valence-electron chi connectivity index (χ4n) is 3.25. The molecular weight excluding hydrogens is 278 g/mol. The molecule has 1 aromatic carbocycles. The number of rotatable bonds is 3. The number of piperazine rings is 2. The minimum Gasteiger partial charge on any atom is -0.342 e. The van der Waals surface area contributed by atoms with E-state index in [4.69, 9.17) is 0 Å². The molecular formula is C17H23N3O2. The Bertz CT molecular complexity index is 558. The van der Waals surface area contributed by atoms with Crippen LogP contribution in [0.5, 0.6) is 0 Å². The molecule has 2 aliphatic heterocycles. The Morgan fingerprint density at radius 3 is 2.59 bits per heavy atom. The van der Waals surface area contributed by atoms with Crippen LogP contribution in [0.3, 0.4) is 0 Å². The summed E-state index contributed by atoms with van der Waals surface area (Å²) in [5.74, 6) is 0.176. The van der Waals surface area contributed by atoms with Crippen LogP contribution in [-0.4, -0.2) is 53.3 Å². The third kappa shape index (κ3) is 2.86. The summed E-state index contributed by atoms with van der Waals surface area (Å²) >= 11 is 0. The normalized spacial score (nSPS) is 26.0. The summed E-state index contributed by atoms with van der Waals surface area (Å²) in [5.41, 5.74) is 1.23. The largest absolute Gasteiger partial charge is 0.342 e. The number of amides is 2. The first-order chi connectivity index (χ1) is 10.6. The van der Waals surface area contributed by atoms with Gasteiger partial charge in [0.05, 0.1) is 0 Å². The predicted octanol–water partition coefficient (Wildman–Crippen LogP) is 0.854. The molecule has 5 heteroatoms. The van der Waals surface area contributed by atoms with Crippen LogP contribution in [-0.2, 0) is 16.1 Å². The number of nitrogens with zero attached hydrogens (tertiary/aromatic N) is 2. The van der Waals surface area contributed by atoms with E-state index in [1.165, 1.54) is 5.56 Å². The van der Waals surface area contributed by atoms with E-state index in [0.717, 1.165) is 13.1 Å².